The first-order valence-electron chi connectivity index (χ1n) is 4.77. The number of halogens is 3. The fourth-order valence-electron chi connectivity index (χ4n) is 1.16. The molecule has 0 amide bonds. The van der Waals surface area contributed by atoms with E-state index in [4.69, 9.17) is 5.73 Å². The molecule has 0 atom stereocenters. The highest BCUT2D eigenvalue weighted by Gasteiger charge is 2.13. The predicted octanol–water partition coefficient (Wildman–Crippen LogP) is 1.96. The molecule has 0 unspecified atom stereocenters. The van der Waals surface area contributed by atoms with Gasteiger partial charge in [-0.25, -0.2) is 13.2 Å². The monoisotopic (exact) mass is 256 g/mol. The summed E-state index contributed by atoms with van der Waals surface area (Å²) in [5.74, 6) is -3.73. The van der Waals surface area contributed by atoms with E-state index in [0.717, 1.165) is 12.1 Å². The standard InChI is InChI=1S/C9H7F3N6/c10-4-1-2-5(9(12)8(4)11)14-18-17-7-3-6(13)15-16-7/h1-2H,3H2,(H2,13,15)(H,14,16,17). The molecule has 1 aromatic rings. The third kappa shape index (κ3) is 2.44. The molecule has 0 aromatic heterocycles. The average molecular weight is 256 g/mol. The van der Waals surface area contributed by atoms with Gasteiger partial charge in [-0.05, 0) is 12.1 Å². The van der Waals surface area contributed by atoms with E-state index in [1.54, 1.807) is 0 Å². The Morgan fingerprint density at radius 1 is 1.17 bits per heavy atom. The smallest absolute Gasteiger partial charge is 0.196 e. The van der Waals surface area contributed by atoms with Crippen molar-refractivity contribution in [1.29, 1.82) is 0 Å². The Morgan fingerprint density at radius 3 is 2.61 bits per heavy atom. The van der Waals surface area contributed by atoms with Gasteiger partial charge in [0.2, 0.25) is 0 Å². The molecule has 0 aliphatic carbocycles. The molecule has 1 heterocycles. The molecule has 1 aromatic carbocycles. The van der Waals surface area contributed by atoms with E-state index in [1.165, 1.54) is 0 Å². The Hall–Kier alpha value is -2.45. The number of nitrogens with zero attached hydrogens (tertiary/aromatic N) is 4. The van der Waals surface area contributed by atoms with Crippen LogP contribution in [-0.2, 0) is 0 Å². The van der Waals surface area contributed by atoms with Crippen LogP contribution >= 0.6 is 0 Å². The summed E-state index contributed by atoms with van der Waals surface area (Å²) < 4.78 is 38.6. The van der Waals surface area contributed by atoms with Crippen molar-refractivity contribution in [2.24, 2.45) is 26.3 Å². The van der Waals surface area contributed by atoms with E-state index in [1.807, 2.05) is 0 Å². The summed E-state index contributed by atoms with van der Waals surface area (Å²) in [5.41, 5.74) is 7.12. The van der Waals surface area contributed by atoms with Gasteiger partial charge in [-0.15, -0.1) is 15.3 Å². The highest BCUT2D eigenvalue weighted by molar-refractivity contribution is 6.04. The third-order valence-electron chi connectivity index (χ3n) is 2.00. The van der Waals surface area contributed by atoms with Crippen molar-refractivity contribution in [2.75, 3.05) is 5.43 Å². The summed E-state index contributed by atoms with van der Waals surface area (Å²) in [7, 11) is 0. The molecular formula is C9H7F3N6. The Bertz CT molecular complexity index is 566. The molecule has 0 fully saturated rings. The lowest BCUT2D eigenvalue weighted by Gasteiger charge is -2.02. The number of benzene rings is 1. The van der Waals surface area contributed by atoms with Gasteiger partial charge >= 0.3 is 0 Å². The maximum atomic E-state index is 13.2. The summed E-state index contributed by atoms with van der Waals surface area (Å²) in [6.45, 7) is 0. The van der Waals surface area contributed by atoms with E-state index >= 15 is 0 Å². The number of anilines is 1. The van der Waals surface area contributed by atoms with E-state index in [2.05, 4.69) is 26.0 Å². The van der Waals surface area contributed by atoms with Gasteiger partial charge in [-0.2, -0.15) is 0 Å². The van der Waals surface area contributed by atoms with Gasteiger partial charge < -0.3 is 5.73 Å². The SMILES string of the molecule is NC1=NN=C(N=NNc2ccc(F)c(F)c2F)C1. The zero-order valence-corrected chi connectivity index (χ0v) is 8.86. The minimum atomic E-state index is -1.58. The van der Waals surface area contributed by atoms with Crippen molar-refractivity contribution in [2.45, 2.75) is 6.42 Å². The van der Waals surface area contributed by atoms with Crippen LogP contribution in [0.15, 0.2) is 32.7 Å². The normalized spacial score (nSPS) is 14.8. The first-order chi connectivity index (χ1) is 8.58. The number of hydrogen-bond donors (Lipinski definition) is 2. The van der Waals surface area contributed by atoms with Gasteiger partial charge in [0.05, 0.1) is 12.1 Å². The molecule has 0 saturated heterocycles. The van der Waals surface area contributed by atoms with E-state index < -0.39 is 17.5 Å². The van der Waals surface area contributed by atoms with Gasteiger partial charge in [0, 0.05) is 0 Å². The lowest BCUT2D eigenvalue weighted by Crippen LogP contribution is -2.10. The van der Waals surface area contributed by atoms with E-state index in [9.17, 15) is 13.2 Å². The molecule has 0 radical (unpaired) electrons. The Kier molecular flexibility index (Phi) is 3.22. The summed E-state index contributed by atoms with van der Waals surface area (Å²) in [6.07, 6.45) is 0.228. The first-order valence-corrected chi connectivity index (χ1v) is 4.77. The molecule has 2 rings (SSSR count). The summed E-state index contributed by atoms with van der Waals surface area (Å²) in [6, 6.07) is 1.76. The second-order valence-electron chi connectivity index (χ2n) is 3.32. The van der Waals surface area contributed by atoms with Crippen LogP contribution in [0.4, 0.5) is 18.9 Å². The van der Waals surface area contributed by atoms with Crippen LogP contribution in [-0.4, -0.2) is 11.7 Å². The molecule has 18 heavy (non-hydrogen) atoms. The van der Waals surface area contributed by atoms with Crippen molar-refractivity contribution in [3.05, 3.63) is 29.6 Å². The van der Waals surface area contributed by atoms with Crippen LogP contribution in [0, 0.1) is 17.5 Å². The van der Waals surface area contributed by atoms with Crippen LogP contribution in [0.5, 0.6) is 0 Å². The molecule has 0 bridgehead atoms. The third-order valence-corrected chi connectivity index (χ3v) is 2.00. The summed E-state index contributed by atoms with van der Waals surface area (Å²) >= 11 is 0. The van der Waals surface area contributed by atoms with Crippen molar-refractivity contribution in [1.82, 2.24) is 0 Å². The van der Waals surface area contributed by atoms with E-state index in [0.29, 0.717) is 0 Å². The van der Waals surface area contributed by atoms with Crippen molar-refractivity contribution < 1.29 is 13.2 Å². The van der Waals surface area contributed by atoms with E-state index in [-0.39, 0.29) is 23.8 Å². The predicted molar refractivity (Wildman–Crippen MR) is 58.5 cm³/mol. The quantitative estimate of drug-likeness (QED) is 0.481. The Labute approximate surface area is 99.1 Å². The molecule has 0 spiro atoms. The Balaban J connectivity index is 2.03. The zero-order chi connectivity index (χ0) is 13.1. The second-order valence-corrected chi connectivity index (χ2v) is 3.32. The van der Waals surface area contributed by atoms with Crippen molar-refractivity contribution in [3.8, 4) is 0 Å². The van der Waals surface area contributed by atoms with Crippen molar-refractivity contribution in [3.63, 3.8) is 0 Å². The first kappa shape index (κ1) is 12.0. The van der Waals surface area contributed by atoms with Crippen LogP contribution in [0.2, 0.25) is 0 Å². The highest BCUT2D eigenvalue weighted by atomic mass is 19.2. The molecule has 1 aliphatic rings. The number of nitrogens with two attached hydrogens (primary N) is 1. The number of hydrogen-bond acceptors (Lipinski definition) is 5. The van der Waals surface area contributed by atoms with Gasteiger partial charge in [0.1, 0.15) is 5.84 Å². The van der Waals surface area contributed by atoms with Crippen LogP contribution < -0.4 is 11.2 Å². The molecule has 94 valence electrons. The van der Waals surface area contributed by atoms with Gasteiger partial charge in [-0.3, -0.25) is 5.43 Å². The number of rotatable bonds is 2. The maximum Gasteiger partial charge on any atom is 0.196 e. The largest absolute Gasteiger partial charge is 0.385 e. The highest BCUT2D eigenvalue weighted by Crippen LogP contribution is 2.19. The van der Waals surface area contributed by atoms with Gasteiger partial charge in [0.15, 0.2) is 23.3 Å². The molecular weight excluding hydrogens is 249 g/mol. The fraction of sp³-hybridized carbons (Fsp3) is 0.111. The fourth-order valence-corrected chi connectivity index (χ4v) is 1.16. The lowest BCUT2D eigenvalue weighted by atomic mass is 10.3. The minimum Gasteiger partial charge on any atom is -0.385 e. The molecule has 6 nitrogen and oxygen atoms in total. The molecule has 0 saturated carbocycles. The van der Waals surface area contributed by atoms with Gasteiger partial charge in [-0.1, -0.05) is 5.22 Å². The molecule has 3 N–H and O–H groups in total. The van der Waals surface area contributed by atoms with Crippen LogP contribution in [0.25, 0.3) is 0 Å². The Morgan fingerprint density at radius 2 is 1.94 bits per heavy atom. The average Bonchev–Trinajstić information content (AvgIpc) is 2.75. The lowest BCUT2D eigenvalue weighted by molar-refractivity contribution is 0.449. The summed E-state index contributed by atoms with van der Waals surface area (Å²) in [5, 5.41) is 14.0. The minimum absolute atomic E-state index is 0.225. The number of nitrogens with one attached hydrogen (secondary N) is 1. The molecule has 1 aliphatic heterocycles. The van der Waals surface area contributed by atoms with Crippen LogP contribution in [0.1, 0.15) is 6.42 Å². The van der Waals surface area contributed by atoms with Crippen molar-refractivity contribution >= 4 is 17.4 Å². The van der Waals surface area contributed by atoms with Crippen LogP contribution in [0.3, 0.4) is 0 Å². The number of amidine groups is 2. The molecule has 9 heteroatoms. The zero-order valence-electron chi connectivity index (χ0n) is 8.86. The second kappa shape index (κ2) is 4.82. The summed E-state index contributed by atoms with van der Waals surface area (Å²) in [4.78, 5) is 0. The van der Waals surface area contributed by atoms with Gasteiger partial charge in [0.25, 0.3) is 0 Å². The maximum absolute atomic E-state index is 13.2. The topological polar surface area (TPSA) is 87.5 Å².